The highest BCUT2D eigenvalue weighted by atomic mass is 35.5. The molecule has 2 rings (SSSR count). The molecule has 0 bridgehead atoms. The van der Waals surface area contributed by atoms with Gasteiger partial charge in [0.25, 0.3) is 0 Å². The minimum absolute atomic E-state index is 0.276. The summed E-state index contributed by atoms with van der Waals surface area (Å²) in [5.74, 6) is -0.276. The van der Waals surface area contributed by atoms with Crippen LogP contribution >= 0.6 is 23.4 Å². The van der Waals surface area contributed by atoms with Crippen molar-refractivity contribution in [2.75, 3.05) is 0 Å². The van der Waals surface area contributed by atoms with Crippen molar-refractivity contribution in [2.45, 2.75) is 22.8 Å². The van der Waals surface area contributed by atoms with E-state index in [0.717, 1.165) is 9.79 Å². The standard InChI is InChI=1S/C14H13ClFNS/c1-9(17)14-11(16)6-4-8-13(14)18-12-7-3-2-5-10(12)15/h2-9H,17H2,1H3/t9-/m0/s1. The molecular formula is C14H13ClFNS. The first-order chi connectivity index (χ1) is 8.59. The molecule has 0 radical (unpaired) electrons. The van der Waals surface area contributed by atoms with Crippen molar-refractivity contribution in [3.63, 3.8) is 0 Å². The van der Waals surface area contributed by atoms with Gasteiger partial charge in [-0.25, -0.2) is 4.39 Å². The molecule has 2 aromatic carbocycles. The third-order valence-electron chi connectivity index (χ3n) is 2.52. The van der Waals surface area contributed by atoms with Gasteiger partial charge in [-0.2, -0.15) is 0 Å². The summed E-state index contributed by atoms with van der Waals surface area (Å²) in [6, 6.07) is 12.1. The summed E-state index contributed by atoms with van der Waals surface area (Å²) in [7, 11) is 0. The van der Waals surface area contributed by atoms with Crippen LogP contribution in [0.5, 0.6) is 0 Å². The lowest BCUT2D eigenvalue weighted by Crippen LogP contribution is -2.08. The van der Waals surface area contributed by atoms with Crippen LogP contribution in [0.2, 0.25) is 5.02 Å². The van der Waals surface area contributed by atoms with Gasteiger partial charge in [0.15, 0.2) is 0 Å². The summed E-state index contributed by atoms with van der Waals surface area (Å²) >= 11 is 7.53. The molecule has 2 N–H and O–H groups in total. The van der Waals surface area contributed by atoms with E-state index < -0.39 is 0 Å². The minimum atomic E-state index is -0.351. The van der Waals surface area contributed by atoms with Crippen molar-refractivity contribution in [1.82, 2.24) is 0 Å². The Bertz CT molecular complexity index is 557. The Labute approximate surface area is 115 Å². The third-order valence-corrected chi connectivity index (χ3v) is 4.12. The average molecular weight is 282 g/mol. The van der Waals surface area contributed by atoms with Crippen LogP contribution in [-0.4, -0.2) is 0 Å². The lowest BCUT2D eigenvalue weighted by molar-refractivity contribution is 0.585. The molecule has 0 unspecified atom stereocenters. The van der Waals surface area contributed by atoms with Crippen molar-refractivity contribution in [2.24, 2.45) is 5.73 Å². The Morgan fingerprint density at radius 2 is 1.78 bits per heavy atom. The normalized spacial score (nSPS) is 12.4. The Balaban J connectivity index is 2.41. The van der Waals surface area contributed by atoms with Crippen LogP contribution in [0.15, 0.2) is 52.3 Å². The predicted octanol–water partition coefficient (Wildman–Crippen LogP) is 4.65. The highest BCUT2D eigenvalue weighted by Crippen LogP contribution is 2.37. The summed E-state index contributed by atoms with van der Waals surface area (Å²) in [5, 5.41) is 0.655. The van der Waals surface area contributed by atoms with Crippen LogP contribution in [0.3, 0.4) is 0 Å². The molecule has 0 saturated carbocycles. The molecule has 0 heterocycles. The molecule has 2 aromatic rings. The number of nitrogens with two attached hydrogens (primary N) is 1. The topological polar surface area (TPSA) is 26.0 Å². The second-order valence-corrected chi connectivity index (χ2v) is 5.46. The molecule has 0 aromatic heterocycles. The number of hydrogen-bond donors (Lipinski definition) is 1. The van der Waals surface area contributed by atoms with E-state index in [4.69, 9.17) is 17.3 Å². The van der Waals surface area contributed by atoms with E-state index >= 15 is 0 Å². The van der Waals surface area contributed by atoms with Crippen LogP contribution in [-0.2, 0) is 0 Å². The monoisotopic (exact) mass is 281 g/mol. The van der Waals surface area contributed by atoms with Gasteiger partial charge in [-0.05, 0) is 31.2 Å². The molecule has 0 fully saturated rings. The summed E-state index contributed by atoms with van der Waals surface area (Å²) in [4.78, 5) is 1.70. The van der Waals surface area contributed by atoms with Gasteiger partial charge in [0, 0.05) is 21.4 Å². The van der Waals surface area contributed by atoms with Gasteiger partial charge in [0.05, 0.1) is 5.02 Å². The smallest absolute Gasteiger partial charge is 0.129 e. The van der Waals surface area contributed by atoms with Crippen molar-refractivity contribution in [3.8, 4) is 0 Å². The van der Waals surface area contributed by atoms with E-state index in [1.165, 1.54) is 17.8 Å². The van der Waals surface area contributed by atoms with Gasteiger partial charge in [-0.15, -0.1) is 0 Å². The van der Waals surface area contributed by atoms with Crippen LogP contribution in [0, 0.1) is 5.82 Å². The summed E-state index contributed by atoms with van der Waals surface area (Å²) in [5.41, 5.74) is 6.35. The highest BCUT2D eigenvalue weighted by molar-refractivity contribution is 7.99. The molecule has 0 aliphatic heterocycles. The first kappa shape index (κ1) is 13.4. The van der Waals surface area contributed by atoms with E-state index in [9.17, 15) is 4.39 Å². The number of rotatable bonds is 3. The molecule has 18 heavy (non-hydrogen) atoms. The van der Waals surface area contributed by atoms with Crippen LogP contribution in [0.1, 0.15) is 18.5 Å². The predicted molar refractivity (Wildman–Crippen MR) is 74.6 cm³/mol. The van der Waals surface area contributed by atoms with Crippen LogP contribution in [0.25, 0.3) is 0 Å². The summed E-state index contributed by atoms with van der Waals surface area (Å²) in [6.07, 6.45) is 0. The van der Waals surface area contributed by atoms with Gasteiger partial charge >= 0.3 is 0 Å². The molecule has 0 aliphatic carbocycles. The fourth-order valence-electron chi connectivity index (χ4n) is 1.69. The van der Waals surface area contributed by atoms with E-state index in [1.807, 2.05) is 30.3 Å². The molecule has 0 spiro atoms. The van der Waals surface area contributed by atoms with Gasteiger partial charge < -0.3 is 5.73 Å². The molecular weight excluding hydrogens is 269 g/mol. The molecule has 0 aliphatic rings. The number of hydrogen-bond acceptors (Lipinski definition) is 2. The Hall–Kier alpha value is -1.03. The Morgan fingerprint density at radius 3 is 2.44 bits per heavy atom. The first-order valence-electron chi connectivity index (χ1n) is 5.56. The van der Waals surface area contributed by atoms with Gasteiger partial charge in [0.2, 0.25) is 0 Å². The zero-order chi connectivity index (χ0) is 13.1. The third kappa shape index (κ3) is 2.86. The quantitative estimate of drug-likeness (QED) is 0.886. The minimum Gasteiger partial charge on any atom is -0.324 e. The fourth-order valence-corrected chi connectivity index (χ4v) is 3.03. The molecule has 1 nitrogen and oxygen atoms in total. The van der Waals surface area contributed by atoms with E-state index in [2.05, 4.69) is 0 Å². The maximum Gasteiger partial charge on any atom is 0.129 e. The second-order valence-electron chi connectivity index (χ2n) is 3.97. The summed E-state index contributed by atoms with van der Waals surface area (Å²) in [6.45, 7) is 1.77. The molecule has 1 atom stereocenters. The van der Waals surface area contributed by atoms with Gasteiger partial charge in [0.1, 0.15) is 5.82 Å². The van der Waals surface area contributed by atoms with Crippen LogP contribution in [0.4, 0.5) is 4.39 Å². The number of benzene rings is 2. The van der Waals surface area contributed by atoms with E-state index in [-0.39, 0.29) is 11.9 Å². The van der Waals surface area contributed by atoms with Crippen molar-refractivity contribution in [3.05, 3.63) is 58.9 Å². The zero-order valence-corrected chi connectivity index (χ0v) is 11.4. The zero-order valence-electron chi connectivity index (χ0n) is 9.86. The van der Waals surface area contributed by atoms with E-state index in [0.29, 0.717) is 10.6 Å². The summed E-state index contributed by atoms with van der Waals surface area (Å²) < 4.78 is 13.8. The number of halogens is 2. The molecule has 94 valence electrons. The highest BCUT2D eigenvalue weighted by Gasteiger charge is 2.14. The largest absolute Gasteiger partial charge is 0.324 e. The van der Waals surface area contributed by atoms with E-state index in [1.54, 1.807) is 13.0 Å². The van der Waals surface area contributed by atoms with Gasteiger partial charge in [-0.3, -0.25) is 0 Å². The lowest BCUT2D eigenvalue weighted by Gasteiger charge is -2.13. The SMILES string of the molecule is C[C@H](N)c1c(F)cccc1Sc1ccccc1Cl. The lowest BCUT2D eigenvalue weighted by atomic mass is 10.1. The van der Waals surface area contributed by atoms with Gasteiger partial charge in [-0.1, -0.05) is 41.6 Å². The van der Waals surface area contributed by atoms with Crippen molar-refractivity contribution >= 4 is 23.4 Å². The second kappa shape index (κ2) is 5.74. The van der Waals surface area contributed by atoms with Crippen molar-refractivity contribution in [1.29, 1.82) is 0 Å². The maximum absolute atomic E-state index is 13.8. The Kier molecular flexibility index (Phi) is 4.27. The molecule has 0 saturated heterocycles. The van der Waals surface area contributed by atoms with Crippen molar-refractivity contribution < 1.29 is 4.39 Å². The molecule has 4 heteroatoms. The Morgan fingerprint density at radius 1 is 1.11 bits per heavy atom. The molecule has 0 amide bonds. The van der Waals surface area contributed by atoms with Crippen LogP contribution < -0.4 is 5.73 Å². The first-order valence-corrected chi connectivity index (χ1v) is 6.75. The average Bonchev–Trinajstić information content (AvgIpc) is 2.31. The maximum atomic E-state index is 13.8. The fraction of sp³-hybridized carbons (Fsp3) is 0.143.